The van der Waals surface area contributed by atoms with Gasteiger partial charge in [0.25, 0.3) is 0 Å². The number of halogens is 1. The van der Waals surface area contributed by atoms with E-state index < -0.39 is 0 Å². The highest BCUT2D eigenvalue weighted by Gasteiger charge is 2.21. The maximum absolute atomic E-state index is 13.0. The van der Waals surface area contributed by atoms with Crippen LogP contribution in [0.2, 0.25) is 11.6 Å². The van der Waals surface area contributed by atoms with E-state index in [1.807, 2.05) is 12.1 Å². The number of hydrogen-bond acceptors (Lipinski definition) is 0. The van der Waals surface area contributed by atoms with Crippen molar-refractivity contribution in [2.24, 2.45) is 0 Å². The molecule has 2 heteroatoms. The van der Waals surface area contributed by atoms with Crippen molar-refractivity contribution in [3.8, 4) is 11.1 Å². The van der Waals surface area contributed by atoms with Gasteiger partial charge in [-0.1, -0.05) is 67.7 Å². The summed E-state index contributed by atoms with van der Waals surface area (Å²) in [5, 5.41) is 0. The van der Waals surface area contributed by atoms with Crippen molar-refractivity contribution in [3.05, 3.63) is 59.9 Å². The molecule has 0 amide bonds. The van der Waals surface area contributed by atoms with Gasteiger partial charge in [-0.05, 0) is 47.6 Å². The van der Waals surface area contributed by atoms with E-state index in [1.54, 1.807) is 0 Å². The minimum absolute atomic E-state index is 0.173. The van der Waals surface area contributed by atoms with E-state index in [0.29, 0.717) is 0 Å². The molecule has 22 heavy (non-hydrogen) atoms. The molecule has 0 saturated heterocycles. The fourth-order valence-electron chi connectivity index (χ4n) is 3.78. The third-order valence-corrected chi connectivity index (χ3v) is 7.31. The first-order valence-corrected chi connectivity index (χ1v) is 10.4. The summed E-state index contributed by atoms with van der Waals surface area (Å²) in [4.78, 5) is 0. The van der Waals surface area contributed by atoms with Crippen LogP contribution in [0.1, 0.15) is 44.1 Å². The van der Waals surface area contributed by atoms with Crippen molar-refractivity contribution >= 4 is 9.52 Å². The van der Waals surface area contributed by atoms with Crippen molar-refractivity contribution in [1.82, 2.24) is 0 Å². The number of rotatable bonds is 4. The summed E-state index contributed by atoms with van der Waals surface area (Å²) >= 11 is 0. The average Bonchev–Trinajstić information content (AvgIpc) is 2.57. The van der Waals surface area contributed by atoms with Crippen LogP contribution in [0.15, 0.2) is 48.5 Å². The molecule has 0 aromatic heterocycles. The van der Waals surface area contributed by atoms with Crippen LogP contribution in [0.3, 0.4) is 0 Å². The second-order valence-corrected chi connectivity index (χ2v) is 9.37. The first-order chi connectivity index (χ1) is 10.8. The van der Waals surface area contributed by atoms with Crippen molar-refractivity contribution < 1.29 is 4.39 Å². The highest BCUT2D eigenvalue weighted by Crippen LogP contribution is 2.38. The lowest BCUT2D eigenvalue weighted by Gasteiger charge is -2.28. The smallest absolute Gasteiger partial charge is 0.123 e. The lowest BCUT2D eigenvalue weighted by atomic mass is 9.83. The quantitative estimate of drug-likeness (QED) is 0.650. The van der Waals surface area contributed by atoms with E-state index >= 15 is 0 Å². The summed E-state index contributed by atoms with van der Waals surface area (Å²) in [6.07, 6.45) is 5.63. The Morgan fingerprint density at radius 2 is 1.41 bits per heavy atom. The van der Waals surface area contributed by atoms with Crippen molar-refractivity contribution in [2.75, 3.05) is 0 Å². The maximum Gasteiger partial charge on any atom is 0.123 e. The molecule has 0 spiro atoms. The van der Waals surface area contributed by atoms with Crippen LogP contribution < -0.4 is 0 Å². The molecule has 0 radical (unpaired) electrons. The van der Waals surface area contributed by atoms with E-state index in [1.165, 1.54) is 55.0 Å². The van der Waals surface area contributed by atoms with Gasteiger partial charge in [0, 0.05) is 9.52 Å². The van der Waals surface area contributed by atoms with Gasteiger partial charge >= 0.3 is 0 Å². The lowest BCUT2D eigenvalue weighted by Crippen LogP contribution is -2.13. The zero-order valence-corrected chi connectivity index (χ0v) is 14.8. The Morgan fingerprint density at radius 1 is 0.864 bits per heavy atom. The normalized spacial score (nSPS) is 22.3. The Bertz CT molecular complexity index is 580. The van der Waals surface area contributed by atoms with E-state index in [9.17, 15) is 4.39 Å². The molecule has 1 saturated carbocycles. The SMILES string of the molecule is CC[SiH2][C@H]1CC[C@H](c2ccc(-c3ccc(F)cc3)cc2)CC1. The van der Waals surface area contributed by atoms with Gasteiger partial charge < -0.3 is 0 Å². The summed E-state index contributed by atoms with van der Waals surface area (Å²) in [5.74, 6) is 0.581. The summed E-state index contributed by atoms with van der Waals surface area (Å²) in [6.45, 7) is 2.35. The van der Waals surface area contributed by atoms with Crippen LogP contribution in [0.4, 0.5) is 4.39 Å². The van der Waals surface area contributed by atoms with Crippen molar-refractivity contribution in [3.63, 3.8) is 0 Å². The lowest BCUT2D eigenvalue weighted by molar-refractivity contribution is 0.441. The zero-order valence-electron chi connectivity index (χ0n) is 13.4. The highest BCUT2D eigenvalue weighted by atomic mass is 28.2. The number of hydrogen-bond donors (Lipinski definition) is 0. The molecule has 1 aliphatic carbocycles. The molecule has 116 valence electrons. The molecule has 1 fully saturated rings. The van der Waals surface area contributed by atoms with Crippen LogP contribution in [0.25, 0.3) is 11.1 Å². The summed E-state index contributed by atoms with van der Waals surface area (Å²) in [5.41, 5.74) is 4.85. The molecular weight excluding hydrogens is 287 g/mol. The van der Waals surface area contributed by atoms with Crippen LogP contribution in [-0.4, -0.2) is 9.52 Å². The first-order valence-electron chi connectivity index (χ1n) is 8.62. The Labute approximate surface area is 135 Å². The summed E-state index contributed by atoms with van der Waals surface area (Å²) in [6, 6.07) is 17.2. The average molecular weight is 313 g/mol. The van der Waals surface area contributed by atoms with E-state index in [0.717, 1.165) is 17.0 Å². The number of benzene rings is 2. The standard InChI is InChI=1S/C20H25FSi/c1-2-22-20-13-9-18(10-14-20)16-5-3-15(4-6-16)17-7-11-19(21)12-8-17/h3-8,11-12,18,20H,2,9-10,13-14,22H2,1H3/t18-,20-. The Morgan fingerprint density at radius 3 is 1.95 bits per heavy atom. The second kappa shape index (κ2) is 7.23. The molecule has 0 bridgehead atoms. The molecule has 0 heterocycles. The maximum atomic E-state index is 13.0. The third-order valence-electron chi connectivity index (χ3n) is 5.10. The topological polar surface area (TPSA) is 0 Å². The fraction of sp³-hybridized carbons (Fsp3) is 0.400. The van der Waals surface area contributed by atoms with Crippen molar-refractivity contribution in [2.45, 2.75) is 50.1 Å². The molecule has 3 rings (SSSR count). The minimum Gasteiger partial charge on any atom is -0.207 e. The van der Waals surface area contributed by atoms with Gasteiger partial charge in [0.2, 0.25) is 0 Å². The largest absolute Gasteiger partial charge is 0.207 e. The van der Waals surface area contributed by atoms with Gasteiger partial charge in [0.15, 0.2) is 0 Å². The molecular formula is C20H25FSi. The van der Waals surface area contributed by atoms with Gasteiger partial charge in [-0.15, -0.1) is 0 Å². The van der Waals surface area contributed by atoms with E-state index in [2.05, 4.69) is 31.2 Å². The molecule has 2 aromatic carbocycles. The van der Waals surface area contributed by atoms with Crippen LogP contribution >= 0.6 is 0 Å². The Hall–Kier alpha value is -1.41. The molecule has 0 nitrogen and oxygen atoms in total. The van der Waals surface area contributed by atoms with Crippen LogP contribution in [0, 0.1) is 5.82 Å². The van der Waals surface area contributed by atoms with Gasteiger partial charge in [0.05, 0.1) is 0 Å². The molecule has 1 aliphatic rings. The van der Waals surface area contributed by atoms with Gasteiger partial charge in [-0.3, -0.25) is 0 Å². The van der Waals surface area contributed by atoms with E-state index in [4.69, 9.17) is 0 Å². The predicted molar refractivity (Wildman–Crippen MR) is 95.8 cm³/mol. The fourth-order valence-corrected chi connectivity index (χ4v) is 5.65. The molecule has 0 N–H and O–H groups in total. The molecule has 0 aliphatic heterocycles. The van der Waals surface area contributed by atoms with Crippen molar-refractivity contribution in [1.29, 1.82) is 0 Å². The second-order valence-electron chi connectivity index (χ2n) is 6.64. The summed E-state index contributed by atoms with van der Waals surface area (Å²) in [7, 11) is 0.198. The summed E-state index contributed by atoms with van der Waals surface area (Å²) < 4.78 is 13.0. The van der Waals surface area contributed by atoms with Gasteiger partial charge in [0.1, 0.15) is 5.82 Å². The minimum atomic E-state index is -0.173. The highest BCUT2D eigenvalue weighted by molar-refractivity contribution is 6.37. The molecule has 0 unspecified atom stereocenters. The Balaban J connectivity index is 1.66. The van der Waals surface area contributed by atoms with E-state index in [-0.39, 0.29) is 15.3 Å². The van der Waals surface area contributed by atoms with Gasteiger partial charge in [-0.2, -0.15) is 0 Å². The zero-order chi connectivity index (χ0) is 15.4. The predicted octanol–water partition coefficient (Wildman–Crippen LogP) is 5.55. The first kappa shape index (κ1) is 15.5. The monoisotopic (exact) mass is 312 g/mol. The van der Waals surface area contributed by atoms with Gasteiger partial charge in [-0.25, -0.2) is 4.39 Å². The Kier molecular flexibility index (Phi) is 5.09. The van der Waals surface area contributed by atoms with Crippen LogP contribution in [0.5, 0.6) is 0 Å². The third kappa shape index (κ3) is 3.67. The van der Waals surface area contributed by atoms with Crippen LogP contribution in [-0.2, 0) is 0 Å². The molecule has 0 atom stereocenters. The molecule has 2 aromatic rings.